The first-order chi connectivity index (χ1) is 10.4. The van der Waals surface area contributed by atoms with Crippen molar-refractivity contribution in [2.45, 2.75) is 39.3 Å². The largest absolute Gasteiger partial charge is 0.349 e. The molecule has 1 aliphatic rings. The van der Waals surface area contributed by atoms with Crippen molar-refractivity contribution in [2.24, 2.45) is 11.1 Å². The number of nitrogens with two attached hydrogens (primary N) is 1. The molecule has 0 spiro atoms. The Bertz CT molecular complexity index is 690. The Kier molecular flexibility index (Phi) is 3.53. The van der Waals surface area contributed by atoms with Gasteiger partial charge in [-0.3, -0.25) is 4.79 Å². The van der Waals surface area contributed by atoms with Crippen LogP contribution in [0.15, 0.2) is 36.5 Å². The zero-order valence-corrected chi connectivity index (χ0v) is 13.2. The van der Waals surface area contributed by atoms with Crippen LogP contribution in [0.4, 0.5) is 0 Å². The van der Waals surface area contributed by atoms with E-state index >= 15 is 0 Å². The van der Waals surface area contributed by atoms with Gasteiger partial charge in [0.2, 0.25) is 5.91 Å². The highest BCUT2D eigenvalue weighted by atomic mass is 16.1. The molecule has 3 N–H and O–H groups in total. The summed E-state index contributed by atoms with van der Waals surface area (Å²) in [5.74, 6) is -0.0327. The smallest absolute Gasteiger partial charge is 0.217 e. The van der Waals surface area contributed by atoms with Gasteiger partial charge in [-0.25, -0.2) is 4.68 Å². The van der Waals surface area contributed by atoms with Crippen LogP contribution in [0.1, 0.15) is 50.5 Å². The molecule has 1 aromatic heterocycles. The first-order valence-electron chi connectivity index (χ1n) is 7.56. The quantitative estimate of drug-likeness (QED) is 0.894. The van der Waals surface area contributed by atoms with E-state index in [1.54, 1.807) is 6.92 Å². The highest BCUT2D eigenvalue weighted by Gasteiger charge is 2.41. The molecule has 1 aromatic carbocycles. The van der Waals surface area contributed by atoms with Gasteiger partial charge in [0.25, 0.3) is 0 Å². The maximum atomic E-state index is 11.5. The molecule has 2 aromatic rings. The number of nitrogens with one attached hydrogen (secondary N) is 1. The van der Waals surface area contributed by atoms with Crippen LogP contribution in [-0.4, -0.2) is 15.7 Å². The monoisotopic (exact) mass is 298 g/mol. The summed E-state index contributed by atoms with van der Waals surface area (Å²) in [6.45, 7) is 5.82. The number of fused-ring (bicyclic) bond motifs is 1. The zero-order valence-electron chi connectivity index (χ0n) is 13.2. The molecule has 5 nitrogen and oxygen atoms in total. The number of hydrogen-bond acceptors (Lipinski definition) is 3. The summed E-state index contributed by atoms with van der Waals surface area (Å²) in [6.07, 6.45) is 2.64. The highest BCUT2D eigenvalue weighted by molar-refractivity contribution is 5.73. The molecular formula is C17H22N4O. The Labute approximate surface area is 130 Å². The van der Waals surface area contributed by atoms with E-state index in [4.69, 9.17) is 5.73 Å². The van der Waals surface area contributed by atoms with Crippen LogP contribution < -0.4 is 11.1 Å². The highest BCUT2D eigenvalue weighted by Crippen LogP contribution is 2.47. The lowest BCUT2D eigenvalue weighted by atomic mass is 9.71. The molecule has 1 aliphatic carbocycles. The molecule has 0 saturated carbocycles. The number of benzene rings is 1. The normalized spacial score (nSPS) is 22.9. The van der Waals surface area contributed by atoms with Crippen molar-refractivity contribution < 1.29 is 4.79 Å². The summed E-state index contributed by atoms with van der Waals surface area (Å²) in [5, 5.41) is 7.56. The van der Waals surface area contributed by atoms with Gasteiger partial charge in [0.1, 0.15) is 0 Å². The van der Waals surface area contributed by atoms with E-state index in [1.165, 1.54) is 0 Å². The van der Waals surface area contributed by atoms with Crippen LogP contribution in [0.5, 0.6) is 0 Å². The molecule has 0 bridgehead atoms. The number of hydrogen-bond donors (Lipinski definition) is 2. The molecular weight excluding hydrogens is 276 g/mol. The summed E-state index contributed by atoms with van der Waals surface area (Å²) in [7, 11) is 0. The van der Waals surface area contributed by atoms with Crippen LogP contribution in [-0.2, 0) is 4.79 Å². The topological polar surface area (TPSA) is 72.9 Å². The van der Waals surface area contributed by atoms with E-state index in [0.717, 1.165) is 23.4 Å². The van der Waals surface area contributed by atoms with Crippen molar-refractivity contribution in [2.75, 3.05) is 0 Å². The fourth-order valence-electron chi connectivity index (χ4n) is 3.23. The minimum absolute atomic E-state index is 0.0327. The van der Waals surface area contributed by atoms with Crippen LogP contribution in [0, 0.1) is 5.41 Å². The van der Waals surface area contributed by atoms with Crippen molar-refractivity contribution in [1.29, 1.82) is 0 Å². The Balaban J connectivity index is 2.12. The molecule has 0 saturated heterocycles. The molecule has 1 unspecified atom stereocenters. The van der Waals surface area contributed by atoms with Crippen molar-refractivity contribution in [3.05, 3.63) is 47.8 Å². The van der Waals surface area contributed by atoms with Crippen LogP contribution >= 0.6 is 0 Å². The van der Waals surface area contributed by atoms with Crippen LogP contribution in [0.2, 0.25) is 0 Å². The molecule has 22 heavy (non-hydrogen) atoms. The molecule has 116 valence electrons. The third-order valence-corrected chi connectivity index (χ3v) is 4.46. The second-order valence-corrected chi connectivity index (χ2v) is 6.66. The van der Waals surface area contributed by atoms with Crippen molar-refractivity contribution >= 4 is 5.91 Å². The van der Waals surface area contributed by atoms with Gasteiger partial charge in [0, 0.05) is 12.5 Å². The van der Waals surface area contributed by atoms with Gasteiger partial charge in [-0.15, -0.1) is 0 Å². The average molecular weight is 298 g/mol. The molecule has 1 amide bonds. The molecule has 0 aliphatic heterocycles. The van der Waals surface area contributed by atoms with Crippen molar-refractivity contribution in [1.82, 2.24) is 15.1 Å². The number of carbonyl (C=O) groups excluding carboxylic acids is 1. The predicted molar refractivity (Wildman–Crippen MR) is 85.4 cm³/mol. The molecule has 2 atom stereocenters. The standard InChI is InChI=1S/C17H22N4O/c1-11(22)20-14-9-17(2,3)16(18)15-13(14)10-19-21(15)12-7-5-4-6-8-12/h4-8,10,14,16H,9,18H2,1-3H3,(H,20,22)/t14?,16-/m1/s1. The number of nitrogens with zero attached hydrogens (tertiary/aromatic N) is 2. The first-order valence-corrected chi connectivity index (χ1v) is 7.56. The van der Waals surface area contributed by atoms with Crippen LogP contribution in [0.25, 0.3) is 5.69 Å². The SMILES string of the molecule is CC(=O)NC1CC(C)(C)[C@H](N)c2c1cnn2-c1ccccc1. The predicted octanol–water partition coefficient (Wildman–Crippen LogP) is 2.48. The van der Waals surface area contributed by atoms with Gasteiger partial charge in [-0.2, -0.15) is 5.10 Å². The lowest BCUT2D eigenvalue weighted by molar-refractivity contribution is -0.120. The molecule has 0 radical (unpaired) electrons. The second kappa shape index (κ2) is 5.25. The van der Waals surface area contributed by atoms with E-state index in [1.807, 2.05) is 41.2 Å². The molecule has 1 heterocycles. The van der Waals surface area contributed by atoms with E-state index in [-0.39, 0.29) is 23.4 Å². The Morgan fingerprint density at radius 2 is 2.05 bits per heavy atom. The summed E-state index contributed by atoms with van der Waals surface area (Å²) in [6, 6.07) is 9.78. The number of rotatable bonds is 2. The zero-order chi connectivity index (χ0) is 15.9. The molecule has 5 heteroatoms. The summed E-state index contributed by atoms with van der Waals surface area (Å²) < 4.78 is 1.90. The Morgan fingerprint density at radius 3 is 2.68 bits per heavy atom. The second-order valence-electron chi connectivity index (χ2n) is 6.66. The first kappa shape index (κ1) is 14.8. The van der Waals surface area contributed by atoms with E-state index in [0.29, 0.717) is 0 Å². The van der Waals surface area contributed by atoms with E-state index in [9.17, 15) is 4.79 Å². The molecule has 3 rings (SSSR count). The van der Waals surface area contributed by atoms with Gasteiger partial charge >= 0.3 is 0 Å². The van der Waals surface area contributed by atoms with Gasteiger partial charge in [0.15, 0.2) is 0 Å². The van der Waals surface area contributed by atoms with Crippen molar-refractivity contribution in [3.63, 3.8) is 0 Å². The van der Waals surface area contributed by atoms with Gasteiger partial charge in [-0.05, 0) is 24.0 Å². The van der Waals surface area contributed by atoms with Gasteiger partial charge < -0.3 is 11.1 Å². The summed E-state index contributed by atoms with van der Waals surface area (Å²) >= 11 is 0. The lowest BCUT2D eigenvalue weighted by Gasteiger charge is -2.40. The van der Waals surface area contributed by atoms with Crippen molar-refractivity contribution in [3.8, 4) is 5.69 Å². The number of aromatic nitrogens is 2. The lowest BCUT2D eigenvalue weighted by Crippen LogP contribution is -2.41. The third-order valence-electron chi connectivity index (χ3n) is 4.46. The van der Waals surface area contributed by atoms with Gasteiger partial charge in [-0.1, -0.05) is 32.0 Å². The fraction of sp³-hybridized carbons (Fsp3) is 0.412. The fourth-order valence-corrected chi connectivity index (χ4v) is 3.23. The maximum Gasteiger partial charge on any atom is 0.217 e. The summed E-state index contributed by atoms with van der Waals surface area (Å²) in [5.41, 5.74) is 9.40. The van der Waals surface area contributed by atoms with E-state index in [2.05, 4.69) is 24.3 Å². The Morgan fingerprint density at radius 1 is 1.36 bits per heavy atom. The van der Waals surface area contributed by atoms with Gasteiger partial charge in [0.05, 0.1) is 29.7 Å². The van der Waals surface area contributed by atoms with E-state index < -0.39 is 0 Å². The third kappa shape index (κ3) is 2.41. The number of para-hydroxylation sites is 1. The maximum absolute atomic E-state index is 11.5. The Hall–Kier alpha value is -2.14. The minimum atomic E-state index is -0.129. The summed E-state index contributed by atoms with van der Waals surface area (Å²) in [4.78, 5) is 11.5. The van der Waals surface area contributed by atoms with Crippen LogP contribution in [0.3, 0.4) is 0 Å². The minimum Gasteiger partial charge on any atom is -0.349 e. The number of amides is 1. The molecule has 0 fully saturated rings. The number of carbonyl (C=O) groups is 1. The average Bonchev–Trinajstić information content (AvgIpc) is 2.89.